The average molecular weight is 980 g/mol. The summed E-state index contributed by atoms with van der Waals surface area (Å²) in [5.41, 5.74) is 25.2. The van der Waals surface area contributed by atoms with Gasteiger partial charge < -0.3 is 0 Å². The Labute approximate surface area is 455 Å². The number of benzene rings is 9. The number of rotatable bonds is 11. The van der Waals surface area contributed by atoms with Gasteiger partial charge in [-0.1, -0.05) is 194 Å². The summed E-state index contributed by atoms with van der Waals surface area (Å²) in [4.78, 5) is 13.9. The molecule has 0 unspecified atom stereocenters. The molecular weight excluding hydrogens is 919 g/mol. The predicted octanol–water partition coefficient (Wildman–Crippen LogP) is 19.4. The molecule has 3 heteroatoms. The van der Waals surface area contributed by atoms with E-state index in [4.69, 9.17) is 13.2 Å². The molecule has 362 valence electrons. The summed E-state index contributed by atoms with van der Waals surface area (Å²) < 4.78 is 47.4. The molecule has 0 amide bonds. The molecule has 0 N–H and O–H groups in total. The summed E-state index contributed by atoms with van der Waals surface area (Å²) >= 11 is 0. The van der Waals surface area contributed by atoms with E-state index in [2.05, 4.69) is 218 Å². The lowest BCUT2D eigenvalue weighted by Gasteiger charge is -2.18. The number of aryl methyl sites for hydroxylation is 4. The molecule has 0 radical (unpaired) electrons. The molecule has 0 aliphatic rings. The monoisotopic (exact) mass is 979 g/mol. The minimum Gasteiger partial charge on any atom is -0.256 e. The molecule has 12 aromatic rings. The standard InChI is InChI=1S/C73H55N3/c1-48-36-38-74-72(40-48)57-31-25-54(26-32-57)64-17-9-12-20-67(64)61-43-60(66-19-11-8-16-63(66)53-23-29-56(30-24-53)71-35-22-49(2)47-76-71)44-62(45-61)68-21-13-10-18-65(68)55-27-33-58(34-28-55)73-46-59(37-39-75-73)70-42-50(3)69(41-51(70)4)52-14-6-5-7-15-52/h5-47H,1-4H3/i1D3,2D3. The van der Waals surface area contributed by atoms with Crippen molar-refractivity contribution in [1.29, 1.82) is 0 Å². The Morgan fingerprint density at radius 3 is 1.08 bits per heavy atom. The zero-order valence-corrected chi connectivity index (χ0v) is 42.2. The summed E-state index contributed by atoms with van der Waals surface area (Å²) in [6.45, 7) is -0.0991. The van der Waals surface area contributed by atoms with Crippen LogP contribution < -0.4 is 0 Å². The van der Waals surface area contributed by atoms with Gasteiger partial charge in [-0.25, -0.2) is 0 Å². The Morgan fingerprint density at radius 2 is 0.632 bits per heavy atom. The third-order valence-electron chi connectivity index (χ3n) is 14.4. The van der Waals surface area contributed by atoms with Crippen molar-refractivity contribution < 1.29 is 8.22 Å². The fourth-order valence-electron chi connectivity index (χ4n) is 10.5. The zero-order chi connectivity index (χ0) is 56.5. The van der Waals surface area contributed by atoms with Crippen LogP contribution in [-0.2, 0) is 0 Å². The van der Waals surface area contributed by atoms with Crippen LogP contribution in [0.2, 0.25) is 0 Å². The summed E-state index contributed by atoms with van der Waals surface area (Å²) in [6.07, 6.45) is 4.89. The van der Waals surface area contributed by atoms with E-state index in [1.807, 2.05) is 30.5 Å². The number of aromatic nitrogens is 3. The van der Waals surface area contributed by atoms with E-state index >= 15 is 0 Å². The normalized spacial score (nSPS) is 12.7. The van der Waals surface area contributed by atoms with Gasteiger partial charge in [-0.3, -0.25) is 15.0 Å². The van der Waals surface area contributed by atoms with Crippen molar-refractivity contribution in [1.82, 2.24) is 15.0 Å². The van der Waals surface area contributed by atoms with Crippen molar-refractivity contribution in [2.75, 3.05) is 0 Å². The second-order valence-corrected chi connectivity index (χ2v) is 19.3. The van der Waals surface area contributed by atoms with E-state index < -0.39 is 13.7 Å². The zero-order valence-electron chi connectivity index (χ0n) is 48.2. The predicted molar refractivity (Wildman–Crippen MR) is 319 cm³/mol. The van der Waals surface area contributed by atoms with Gasteiger partial charge in [0.15, 0.2) is 0 Å². The molecule has 0 saturated heterocycles. The Morgan fingerprint density at radius 1 is 0.250 bits per heavy atom. The molecule has 0 spiro atoms. The number of nitrogens with zero attached hydrogens (tertiary/aromatic N) is 3. The van der Waals surface area contributed by atoms with Crippen LogP contribution in [-0.4, -0.2) is 15.0 Å². The van der Waals surface area contributed by atoms with Gasteiger partial charge in [-0.15, -0.1) is 0 Å². The highest BCUT2D eigenvalue weighted by atomic mass is 14.7. The first-order valence-electron chi connectivity index (χ1n) is 28.5. The van der Waals surface area contributed by atoms with Crippen LogP contribution >= 0.6 is 0 Å². The van der Waals surface area contributed by atoms with Crippen LogP contribution in [0.3, 0.4) is 0 Å². The molecule has 0 bridgehead atoms. The van der Waals surface area contributed by atoms with Gasteiger partial charge in [0.25, 0.3) is 0 Å². The Balaban J connectivity index is 0.931. The first-order valence-corrected chi connectivity index (χ1v) is 25.5. The average Bonchev–Trinajstić information content (AvgIpc) is 3.57. The molecule has 3 aromatic heterocycles. The van der Waals surface area contributed by atoms with Crippen molar-refractivity contribution in [2.45, 2.75) is 27.6 Å². The summed E-state index contributed by atoms with van der Waals surface area (Å²) in [5, 5.41) is 0. The second kappa shape index (κ2) is 20.7. The van der Waals surface area contributed by atoms with Crippen LogP contribution in [0.5, 0.6) is 0 Å². The van der Waals surface area contributed by atoms with Crippen molar-refractivity contribution in [3.05, 3.63) is 283 Å². The van der Waals surface area contributed by atoms with E-state index in [1.54, 1.807) is 30.5 Å². The fourth-order valence-corrected chi connectivity index (χ4v) is 10.5. The smallest absolute Gasteiger partial charge is 0.0708 e. The molecule has 9 aromatic carbocycles. The van der Waals surface area contributed by atoms with Crippen molar-refractivity contribution >= 4 is 0 Å². The van der Waals surface area contributed by atoms with E-state index in [0.717, 1.165) is 94.7 Å². The molecule has 0 atom stereocenters. The molecule has 3 heterocycles. The summed E-state index contributed by atoms with van der Waals surface area (Å²) in [6, 6.07) is 83.6. The number of hydrogen-bond donors (Lipinski definition) is 0. The second-order valence-electron chi connectivity index (χ2n) is 19.3. The topological polar surface area (TPSA) is 38.7 Å². The largest absolute Gasteiger partial charge is 0.256 e. The van der Waals surface area contributed by atoms with E-state index in [-0.39, 0.29) is 11.1 Å². The van der Waals surface area contributed by atoms with Gasteiger partial charge in [0.05, 0.1) is 17.1 Å². The van der Waals surface area contributed by atoms with Crippen LogP contribution in [0.15, 0.2) is 261 Å². The highest BCUT2D eigenvalue weighted by Gasteiger charge is 2.18. The number of hydrogen-bond acceptors (Lipinski definition) is 3. The Bertz CT molecular complexity index is 4280. The Kier molecular flexibility index (Phi) is 11.2. The van der Waals surface area contributed by atoms with Crippen molar-refractivity contribution in [3.63, 3.8) is 0 Å². The van der Waals surface area contributed by atoms with E-state index in [1.165, 1.54) is 34.0 Å². The van der Waals surface area contributed by atoms with Gasteiger partial charge >= 0.3 is 0 Å². The first kappa shape index (κ1) is 40.9. The maximum Gasteiger partial charge on any atom is 0.0708 e. The van der Waals surface area contributed by atoms with Gasteiger partial charge in [-0.2, -0.15) is 0 Å². The maximum absolute atomic E-state index is 7.98. The fraction of sp³-hybridized carbons (Fsp3) is 0.0548. The third kappa shape index (κ3) is 9.71. The SMILES string of the molecule is [2H]C([2H])([2H])c1ccc(-c2ccc(-c3ccccc3-c3cc(-c4ccccc4-c4ccc(-c5cc(-c6cc(C)c(-c7ccccc7)cc6C)ccn5)cc4)cc(-c4ccccc4-c4ccc(-c5cc(C([2H])([2H])[2H])ccn5)cc4)c3)cc2)nc1. The quantitative estimate of drug-likeness (QED) is 0.130. The molecule has 76 heavy (non-hydrogen) atoms. The Hall–Kier alpha value is -9.57. The highest BCUT2D eigenvalue weighted by molar-refractivity contribution is 5.94. The number of pyridine rings is 3. The van der Waals surface area contributed by atoms with Gasteiger partial charge in [-0.05, 0) is 187 Å². The maximum atomic E-state index is 7.98. The molecule has 0 fully saturated rings. The van der Waals surface area contributed by atoms with Gasteiger partial charge in [0.2, 0.25) is 0 Å². The van der Waals surface area contributed by atoms with Crippen LogP contribution in [0.1, 0.15) is 30.5 Å². The van der Waals surface area contributed by atoms with Crippen LogP contribution in [0.25, 0.3) is 123 Å². The lowest BCUT2D eigenvalue weighted by molar-refractivity contribution is 1.27. The lowest BCUT2D eigenvalue weighted by atomic mass is 9.86. The minimum atomic E-state index is -2.24. The van der Waals surface area contributed by atoms with Crippen molar-refractivity contribution in [2.24, 2.45) is 0 Å². The van der Waals surface area contributed by atoms with E-state index in [0.29, 0.717) is 11.4 Å². The summed E-state index contributed by atoms with van der Waals surface area (Å²) in [5.74, 6) is 0. The highest BCUT2D eigenvalue weighted by Crippen LogP contribution is 2.43. The molecule has 0 aliphatic heterocycles. The minimum absolute atomic E-state index is 0.208. The van der Waals surface area contributed by atoms with Gasteiger partial charge in [0.1, 0.15) is 0 Å². The molecule has 0 aliphatic carbocycles. The lowest BCUT2D eigenvalue weighted by Crippen LogP contribution is -1.93. The summed E-state index contributed by atoms with van der Waals surface area (Å²) in [7, 11) is 0. The van der Waals surface area contributed by atoms with E-state index in [9.17, 15) is 0 Å². The van der Waals surface area contributed by atoms with Crippen LogP contribution in [0, 0.1) is 27.6 Å². The third-order valence-corrected chi connectivity index (χ3v) is 14.4. The first-order chi connectivity index (χ1) is 39.7. The van der Waals surface area contributed by atoms with Gasteiger partial charge in [0, 0.05) is 43.5 Å². The van der Waals surface area contributed by atoms with Crippen molar-refractivity contribution in [3.8, 4) is 123 Å². The molecule has 0 saturated carbocycles. The molecule has 3 nitrogen and oxygen atoms in total. The molecular formula is C73H55N3. The molecule has 12 rings (SSSR count). The van der Waals surface area contributed by atoms with Crippen LogP contribution in [0.4, 0.5) is 0 Å².